The second-order valence-electron chi connectivity index (χ2n) is 4.94. The Kier molecular flexibility index (Phi) is 3.77. The minimum Gasteiger partial charge on any atom is -0.230 e. The Bertz CT molecular complexity index is 1030. The molecule has 2 N–H and O–H groups in total. The summed E-state index contributed by atoms with van der Waals surface area (Å²) in [5, 5.41) is 20.6. The van der Waals surface area contributed by atoms with Crippen LogP contribution in [0.5, 0.6) is 0 Å². The van der Waals surface area contributed by atoms with Crippen LogP contribution < -0.4 is 5.14 Å². The van der Waals surface area contributed by atoms with Crippen LogP contribution in [0.3, 0.4) is 0 Å². The molecule has 0 amide bonds. The maximum absolute atomic E-state index is 11.8. The van der Waals surface area contributed by atoms with Gasteiger partial charge in [0.05, 0.1) is 16.3 Å². The molecule has 0 unspecified atom stereocenters. The molecule has 3 aromatic rings. The third-order valence-corrected chi connectivity index (χ3v) is 5.24. The quantitative estimate of drug-likeness (QED) is 0.788. The van der Waals surface area contributed by atoms with Gasteiger partial charge in [-0.15, -0.1) is 11.3 Å². The Labute approximate surface area is 137 Å². The smallest absolute Gasteiger partial charge is 0.230 e. The summed E-state index contributed by atoms with van der Waals surface area (Å²) in [6.45, 7) is 1.96. The number of thiophene rings is 1. The second-order valence-corrected chi connectivity index (χ2v) is 7.38. The number of hydrogen-bond donors (Lipinski definition) is 1. The Morgan fingerprint density at radius 1 is 1.30 bits per heavy atom. The van der Waals surface area contributed by atoms with Crippen molar-refractivity contribution in [2.75, 3.05) is 0 Å². The standard InChI is InChI=1S/C15H12N4O2S2/c1-10-6-14(22-9-10)13-7-11(8-16)18-19(13)12-4-2-3-5-15(12)23(17,20)21/h2-7,9H,1H3,(H2,17,20,21). The number of nitriles is 1. The van der Waals surface area contributed by atoms with E-state index in [0.717, 1.165) is 10.4 Å². The molecule has 0 bridgehead atoms. The number of aryl methyl sites for hydroxylation is 1. The van der Waals surface area contributed by atoms with Crippen LogP contribution in [0.1, 0.15) is 11.3 Å². The molecule has 0 radical (unpaired) electrons. The number of nitrogens with zero attached hydrogens (tertiary/aromatic N) is 3. The van der Waals surface area contributed by atoms with Gasteiger partial charge in [0.2, 0.25) is 10.0 Å². The van der Waals surface area contributed by atoms with Gasteiger partial charge < -0.3 is 0 Å². The fourth-order valence-electron chi connectivity index (χ4n) is 2.23. The van der Waals surface area contributed by atoms with Gasteiger partial charge in [0.15, 0.2) is 5.69 Å². The highest BCUT2D eigenvalue weighted by molar-refractivity contribution is 7.89. The lowest BCUT2D eigenvalue weighted by Crippen LogP contribution is -2.16. The topological polar surface area (TPSA) is 102 Å². The fourth-order valence-corrected chi connectivity index (χ4v) is 3.85. The number of hydrogen-bond acceptors (Lipinski definition) is 5. The summed E-state index contributed by atoms with van der Waals surface area (Å²) in [5.74, 6) is 0. The summed E-state index contributed by atoms with van der Waals surface area (Å²) in [6.07, 6.45) is 0. The summed E-state index contributed by atoms with van der Waals surface area (Å²) in [4.78, 5) is 0.850. The summed E-state index contributed by atoms with van der Waals surface area (Å²) in [6, 6.07) is 11.9. The van der Waals surface area contributed by atoms with Crippen molar-refractivity contribution in [1.29, 1.82) is 5.26 Å². The molecule has 3 rings (SSSR count). The van der Waals surface area contributed by atoms with Gasteiger partial charge in [0.25, 0.3) is 0 Å². The summed E-state index contributed by atoms with van der Waals surface area (Å²) in [5.41, 5.74) is 2.25. The van der Waals surface area contributed by atoms with Crippen molar-refractivity contribution in [1.82, 2.24) is 9.78 Å². The summed E-state index contributed by atoms with van der Waals surface area (Å²) >= 11 is 1.50. The van der Waals surface area contributed by atoms with Crippen LogP contribution in [0.25, 0.3) is 16.3 Å². The molecule has 0 spiro atoms. The van der Waals surface area contributed by atoms with Crippen LogP contribution in [0, 0.1) is 18.3 Å². The number of aromatic nitrogens is 2. The van der Waals surface area contributed by atoms with E-state index in [9.17, 15) is 8.42 Å². The van der Waals surface area contributed by atoms with E-state index in [1.807, 2.05) is 24.4 Å². The van der Waals surface area contributed by atoms with E-state index >= 15 is 0 Å². The van der Waals surface area contributed by atoms with E-state index < -0.39 is 10.0 Å². The number of nitrogens with two attached hydrogens (primary N) is 1. The first-order valence-electron chi connectivity index (χ1n) is 6.58. The van der Waals surface area contributed by atoms with E-state index in [0.29, 0.717) is 11.4 Å². The average molecular weight is 344 g/mol. The van der Waals surface area contributed by atoms with E-state index in [-0.39, 0.29) is 10.6 Å². The molecule has 2 heterocycles. The first kappa shape index (κ1) is 15.4. The van der Waals surface area contributed by atoms with E-state index in [2.05, 4.69) is 5.10 Å². The van der Waals surface area contributed by atoms with Crippen molar-refractivity contribution >= 4 is 21.4 Å². The van der Waals surface area contributed by atoms with Crippen molar-refractivity contribution < 1.29 is 8.42 Å². The van der Waals surface area contributed by atoms with Crippen molar-refractivity contribution in [2.45, 2.75) is 11.8 Å². The average Bonchev–Trinajstić information content (AvgIpc) is 3.12. The molecule has 0 fully saturated rings. The zero-order chi connectivity index (χ0) is 16.6. The lowest BCUT2D eigenvalue weighted by atomic mass is 10.2. The Balaban J connectivity index is 2.30. The van der Waals surface area contributed by atoms with Crippen LogP contribution in [-0.2, 0) is 10.0 Å². The normalized spacial score (nSPS) is 11.3. The first-order valence-corrected chi connectivity index (χ1v) is 9.00. The number of para-hydroxylation sites is 1. The maximum Gasteiger partial charge on any atom is 0.240 e. The minimum atomic E-state index is -3.91. The number of rotatable bonds is 3. The molecular weight excluding hydrogens is 332 g/mol. The van der Waals surface area contributed by atoms with Crippen molar-refractivity contribution in [3.8, 4) is 22.3 Å². The second kappa shape index (κ2) is 5.62. The van der Waals surface area contributed by atoms with Gasteiger partial charge in [0, 0.05) is 6.07 Å². The summed E-state index contributed by atoms with van der Waals surface area (Å²) in [7, 11) is -3.91. The predicted molar refractivity (Wildman–Crippen MR) is 87.7 cm³/mol. The van der Waals surface area contributed by atoms with Crippen LogP contribution in [-0.4, -0.2) is 18.2 Å². The van der Waals surface area contributed by atoms with Crippen molar-refractivity contribution in [2.24, 2.45) is 5.14 Å². The van der Waals surface area contributed by atoms with Gasteiger partial charge in [-0.25, -0.2) is 18.2 Å². The van der Waals surface area contributed by atoms with E-state index in [1.54, 1.807) is 24.3 Å². The van der Waals surface area contributed by atoms with E-state index in [1.165, 1.54) is 22.1 Å². The monoisotopic (exact) mass is 344 g/mol. The van der Waals surface area contributed by atoms with Gasteiger partial charge in [-0.3, -0.25) is 0 Å². The lowest BCUT2D eigenvalue weighted by Gasteiger charge is -2.10. The third-order valence-electron chi connectivity index (χ3n) is 3.21. The Morgan fingerprint density at radius 3 is 2.65 bits per heavy atom. The maximum atomic E-state index is 11.8. The van der Waals surface area contributed by atoms with Gasteiger partial charge in [-0.1, -0.05) is 12.1 Å². The van der Waals surface area contributed by atoms with Crippen LogP contribution in [0.15, 0.2) is 46.7 Å². The molecule has 8 heteroatoms. The lowest BCUT2D eigenvalue weighted by molar-refractivity contribution is 0.596. The van der Waals surface area contributed by atoms with Gasteiger partial charge >= 0.3 is 0 Å². The number of primary sulfonamides is 1. The molecule has 1 aromatic carbocycles. The largest absolute Gasteiger partial charge is 0.240 e. The highest BCUT2D eigenvalue weighted by atomic mass is 32.2. The van der Waals surface area contributed by atoms with Gasteiger partial charge in [-0.2, -0.15) is 10.4 Å². The first-order chi connectivity index (χ1) is 10.9. The third kappa shape index (κ3) is 2.90. The molecule has 0 aliphatic rings. The zero-order valence-electron chi connectivity index (χ0n) is 12.1. The zero-order valence-corrected chi connectivity index (χ0v) is 13.7. The fraction of sp³-hybridized carbons (Fsp3) is 0.0667. The molecule has 116 valence electrons. The van der Waals surface area contributed by atoms with Crippen LogP contribution in [0.2, 0.25) is 0 Å². The predicted octanol–water partition coefficient (Wildman–Crippen LogP) is 2.43. The van der Waals surface area contributed by atoms with Gasteiger partial charge in [0.1, 0.15) is 11.0 Å². The minimum absolute atomic E-state index is 0.0397. The molecule has 2 aromatic heterocycles. The highest BCUT2D eigenvalue weighted by Crippen LogP contribution is 2.31. The molecule has 0 aliphatic heterocycles. The SMILES string of the molecule is Cc1csc(-c2cc(C#N)nn2-c2ccccc2S(N)(=O)=O)c1. The van der Waals surface area contributed by atoms with Gasteiger partial charge in [-0.05, 0) is 36.1 Å². The Morgan fingerprint density at radius 2 is 2.04 bits per heavy atom. The Hall–Kier alpha value is -2.47. The van der Waals surface area contributed by atoms with Crippen molar-refractivity contribution in [3.63, 3.8) is 0 Å². The molecule has 23 heavy (non-hydrogen) atoms. The number of benzene rings is 1. The molecule has 6 nitrogen and oxygen atoms in total. The van der Waals surface area contributed by atoms with Crippen molar-refractivity contribution in [3.05, 3.63) is 53.0 Å². The van der Waals surface area contributed by atoms with E-state index in [4.69, 9.17) is 10.4 Å². The molecule has 0 atom stereocenters. The highest BCUT2D eigenvalue weighted by Gasteiger charge is 2.19. The molecule has 0 aliphatic carbocycles. The summed E-state index contributed by atoms with van der Waals surface area (Å²) < 4.78 is 25.1. The molecule has 0 saturated heterocycles. The number of sulfonamides is 1. The molecule has 0 saturated carbocycles. The molecular formula is C15H12N4O2S2. The van der Waals surface area contributed by atoms with Crippen LogP contribution in [0.4, 0.5) is 0 Å². The van der Waals surface area contributed by atoms with Crippen LogP contribution >= 0.6 is 11.3 Å².